The average molecular weight is 325 g/mol. The van der Waals surface area contributed by atoms with E-state index in [9.17, 15) is 9.59 Å². The maximum Gasteiger partial charge on any atom is 0.225 e. The van der Waals surface area contributed by atoms with Gasteiger partial charge in [0.2, 0.25) is 11.8 Å². The second-order valence-corrected chi connectivity index (χ2v) is 5.82. The van der Waals surface area contributed by atoms with Crippen molar-refractivity contribution < 1.29 is 9.59 Å². The van der Waals surface area contributed by atoms with Crippen LogP contribution < -0.4 is 16.4 Å². The molecule has 5 nitrogen and oxygen atoms in total. The molecule has 0 aromatic heterocycles. The summed E-state index contributed by atoms with van der Waals surface area (Å²) in [4.78, 5) is 23.3. The highest BCUT2D eigenvalue weighted by atomic mass is 16.2. The summed E-state index contributed by atoms with van der Waals surface area (Å²) < 4.78 is 0. The van der Waals surface area contributed by atoms with Crippen LogP contribution in [0.4, 0.5) is 5.69 Å². The lowest BCUT2D eigenvalue weighted by molar-refractivity contribution is -0.125. The number of amides is 2. The lowest BCUT2D eigenvalue weighted by Crippen LogP contribution is -2.35. The van der Waals surface area contributed by atoms with Crippen LogP contribution in [-0.2, 0) is 16.1 Å². The molecule has 2 aromatic carbocycles. The monoisotopic (exact) mass is 325 g/mol. The van der Waals surface area contributed by atoms with E-state index in [1.54, 1.807) is 0 Å². The van der Waals surface area contributed by atoms with Gasteiger partial charge < -0.3 is 16.4 Å². The first-order valence-electron chi connectivity index (χ1n) is 7.92. The molecule has 24 heavy (non-hydrogen) atoms. The van der Waals surface area contributed by atoms with Crippen LogP contribution in [0.5, 0.6) is 0 Å². The van der Waals surface area contributed by atoms with E-state index in [2.05, 4.69) is 10.6 Å². The summed E-state index contributed by atoms with van der Waals surface area (Å²) in [5.41, 5.74) is 8.81. The maximum absolute atomic E-state index is 12.3. The topological polar surface area (TPSA) is 84.2 Å². The molecule has 2 aromatic rings. The molecule has 2 atom stereocenters. The third-order valence-electron chi connectivity index (χ3n) is 3.88. The largest absolute Gasteiger partial charge is 0.352 e. The van der Waals surface area contributed by atoms with E-state index in [0.717, 1.165) is 16.8 Å². The second-order valence-electron chi connectivity index (χ2n) is 5.82. The van der Waals surface area contributed by atoms with Crippen molar-refractivity contribution in [1.82, 2.24) is 5.32 Å². The highest BCUT2D eigenvalue weighted by molar-refractivity contribution is 5.88. The van der Waals surface area contributed by atoms with Gasteiger partial charge in [-0.25, -0.2) is 0 Å². The van der Waals surface area contributed by atoms with Crippen LogP contribution >= 0.6 is 0 Å². The molecule has 5 heteroatoms. The molecule has 0 bridgehead atoms. The molecule has 0 aliphatic carbocycles. The van der Waals surface area contributed by atoms with Gasteiger partial charge in [0.15, 0.2) is 0 Å². The Morgan fingerprint density at radius 2 is 1.67 bits per heavy atom. The zero-order chi connectivity index (χ0) is 17.5. The maximum atomic E-state index is 12.3. The summed E-state index contributed by atoms with van der Waals surface area (Å²) in [6.45, 7) is 3.71. The quantitative estimate of drug-likeness (QED) is 0.763. The molecule has 0 spiro atoms. The van der Waals surface area contributed by atoms with Gasteiger partial charge in [0.1, 0.15) is 0 Å². The average Bonchev–Trinajstić information content (AvgIpc) is 2.60. The molecule has 2 rings (SSSR count). The van der Waals surface area contributed by atoms with Gasteiger partial charge in [0, 0.05) is 25.2 Å². The number of hydrogen-bond donors (Lipinski definition) is 3. The van der Waals surface area contributed by atoms with Crippen molar-refractivity contribution >= 4 is 17.5 Å². The molecule has 0 aliphatic heterocycles. The SMILES string of the molecule is CC(=O)Nc1ccc(CNC(=O)C(C)C(N)c2ccccc2)cc1. The van der Waals surface area contributed by atoms with Crippen molar-refractivity contribution in [3.63, 3.8) is 0 Å². The normalized spacial score (nSPS) is 13.0. The zero-order valence-corrected chi connectivity index (χ0v) is 14.0. The van der Waals surface area contributed by atoms with Crippen LogP contribution in [0, 0.1) is 5.92 Å². The number of nitrogens with one attached hydrogen (secondary N) is 2. The molecule has 0 saturated heterocycles. The van der Waals surface area contributed by atoms with E-state index < -0.39 is 0 Å². The third kappa shape index (κ3) is 4.93. The van der Waals surface area contributed by atoms with Crippen LogP contribution in [0.15, 0.2) is 54.6 Å². The Morgan fingerprint density at radius 3 is 2.25 bits per heavy atom. The van der Waals surface area contributed by atoms with E-state index >= 15 is 0 Å². The number of hydrogen-bond acceptors (Lipinski definition) is 3. The number of benzene rings is 2. The summed E-state index contributed by atoms with van der Waals surface area (Å²) in [5.74, 6) is -0.525. The van der Waals surface area contributed by atoms with Crippen LogP contribution in [0.25, 0.3) is 0 Å². The first-order chi connectivity index (χ1) is 11.5. The van der Waals surface area contributed by atoms with Crippen LogP contribution in [-0.4, -0.2) is 11.8 Å². The molecular weight excluding hydrogens is 302 g/mol. The lowest BCUT2D eigenvalue weighted by atomic mass is 9.94. The molecule has 2 amide bonds. The Labute approximate surface area is 142 Å². The second kappa shape index (κ2) is 8.26. The molecule has 4 N–H and O–H groups in total. The molecule has 2 unspecified atom stereocenters. The fourth-order valence-corrected chi connectivity index (χ4v) is 2.39. The number of anilines is 1. The van der Waals surface area contributed by atoms with Gasteiger partial charge in [0.25, 0.3) is 0 Å². The highest BCUT2D eigenvalue weighted by Crippen LogP contribution is 2.19. The Morgan fingerprint density at radius 1 is 1.04 bits per heavy atom. The van der Waals surface area contributed by atoms with E-state index in [1.807, 2.05) is 61.5 Å². The van der Waals surface area contributed by atoms with Gasteiger partial charge in [-0.2, -0.15) is 0 Å². The minimum absolute atomic E-state index is 0.0858. The fraction of sp³-hybridized carbons (Fsp3) is 0.263. The summed E-state index contributed by atoms with van der Waals surface area (Å²) >= 11 is 0. The van der Waals surface area contributed by atoms with Crippen LogP contribution in [0.1, 0.15) is 31.0 Å². The lowest BCUT2D eigenvalue weighted by Gasteiger charge is -2.20. The van der Waals surface area contributed by atoms with Gasteiger partial charge in [-0.1, -0.05) is 49.4 Å². The van der Waals surface area contributed by atoms with Crippen molar-refractivity contribution in [2.75, 3.05) is 5.32 Å². The molecule has 0 radical (unpaired) electrons. The number of carbonyl (C=O) groups excluding carboxylic acids is 2. The molecular formula is C19H23N3O2. The van der Waals surface area contributed by atoms with Gasteiger partial charge in [-0.05, 0) is 23.3 Å². The van der Waals surface area contributed by atoms with Gasteiger partial charge in [-0.15, -0.1) is 0 Å². The number of carbonyl (C=O) groups is 2. The summed E-state index contributed by atoms with van der Waals surface area (Å²) in [6.07, 6.45) is 0. The Hall–Kier alpha value is -2.66. The summed E-state index contributed by atoms with van der Waals surface area (Å²) in [5, 5.41) is 5.61. The van der Waals surface area contributed by atoms with Gasteiger partial charge in [-0.3, -0.25) is 9.59 Å². The fourth-order valence-electron chi connectivity index (χ4n) is 2.39. The summed E-state index contributed by atoms with van der Waals surface area (Å²) in [6, 6.07) is 16.6. The van der Waals surface area contributed by atoms with Gasteiger partial charge >= 0.3 is 0 Å². The van der Waals surface area contributed by atoms with Crippen LogP contribution in [0.3, 0.4) is 0 Å². The number of nitrogens with two attached hydrogens (primary N) is 1. The van der Waals surface area contributed by atoms with E-state index in [0.29, 0.717) is 6.54 Å². The van der Waals surface area contributed by atoms with Crippen molar-refractivity contribution in [3.05, 3.63) is 65.7 Å². The van der Waals surface area contributed by atoms with Crippen molar-refractivity contribution in [2.45, 2.75) is 26.4 Å². The molecule has 0 aliphatic rings. The zero-order valence-electron chi connectivity index (χ0n) is 14.0. The third-order valence-corrected chi connectivity index (χ3v) is 3.88. The molecule has 0 saturated carbocycles. The first-order valence-corrected chi connectivity index (χ1v) is 7.92. The minimum atomic E-state index is -0.339. The van der Waals surface area contributed by atoms with E-state index in [1.165, 1.54) is 6.92 Å². The van der Waals surface area contributed by atoms with Crippen LogP contribution in [0.2, 0.25) is 0 Å². The van der Waals surface area contributed by atoms with Crippen molar-refractivity contribution in [1.29, 1.82) is 0 Å². The highest BCUT2D eigenvalue weighted by Gasteiger charge is 2.21. The van der Waals surface area contributed by atoms with Crippen molar-refractivity contribution in [2.24, 2.45) is 11.7 Å². The predicted octanol–water partition coefficient (Wildman–Crippen LogP) is 2.60. The number of rotatable bonds is 6. The first kappa shape index (κ1) is 17.7. The predicted molar refractivity (Wildman–Crippen MR) is 95.1 cm³/mol. The van der Waals surface area contributed by atoms with Crippen molar-refractivity contribution in [3.8, 4) is 0 Å². The molecule has 0 fully saturated rings. The molecule has 126 valence electrons. The Balaban J connectivity index is 1.89. The van der Waals surface area contributed by atoms with E-state index in [-0.39, 0.29) is 23.8 Å². The Bertz CT molecular complexity index is 684. The summed E-state index contributed by atoms with van der Waals surface area (Å²) in [7, 11) is 0. The standard InChI is InChI=1S/C19H23N3O2/c1-13(18(20)16-6-4-3-5-7-16)19(24)21-12-15-8-10-17(11-9-15)22-14(2)23/h3-11,13,18H,12,20H2,1-2H3,(H,21,24)(H,22,23). The van der Waals surface area contributed by atoms with Gasteiger partial charge in [0.05, 0.1) is 5.92 Å². The minimum Gasteiger partial charge on any atom is -0.352 e. The smallest absolute Gasteiger partial charge is 0.225 e. The van der Waals surface area contributed by atoms with E-state index in [4.69, 9.17) is 5.73 Å². The molecule has 0 heterocycles. The Kier molecular flexibility index (Phi) is 6.09.